The average Bonchev–Trinajstić information content (AvgIpc) is 2.98. The van der Waals surface area contributed by atoms with Gasteiger partial charge in [0.15, 0.2) is 0 Å². The van der Waals surface area contributed by atoms with Crippen molar-refractivity contribution in [2.24, 2.45) is 0 Å². The summed E-state index contributed by atoms with van der Waals surface area (Å²) in [7, 11) is 0. The molecule has 0 amide bonds. The van der Waals surface area contributed by atoms with Gasteiger partial charge in [0.05, 0.1) is 11.3 Å². The van der Waals surface area contributed by atoms with Gasteiger partial charge in [-0.2, -0.15) is 0 Å². The smallest absolute Gasteiger partial charge is 0.276 e. The molecule has 0 unspecified atom stereocenters. The molecule has 0 aliphatic heterocycles. The SMILES string of the molecule is CCSc1nnc(-c2ccccc2Nc2ccccc2)o1. The van der Waals surface area contributed by atoms with E-state index in [9.17, 15) is 0 Å². The first-order valence-electron chi connectivity index (χ1n) is 6.74. The lowest BCUT2D eigenvalue weighted by molar-refractivity contribution is 0.466. The van der Waals surface area contributed by atoms with Gasteiger partial charge in [0.2, 0.25) is 0 Å². The van der Waals surface area contributed by atoms with E-state index in [2.05, 4.69) is 22.4 Å². The highest BCUT2D eigenvalue weighted by atomic mass is 32.2. The molecule has 5 heteroatoms. The summed E-state index contributed by atoms with van der Waals surface area (Å²) < 4.78 is 5.69. The van der Waals surface area contributed by atoms with Gasteiger partial charge in [-0.25, -0.2) is 0 Å². The lowest BCUT2D eigenvalue weighted by Gasteiger charge is -2.09. The number of hydrogen-bond donors (Lipinski definition) is 1. The fraction of sp³-hybridized carbons (Fsp3) is 0.125. The fourth-order valence-electron chi connectivity index (χ4n) is 1.96. The zero-order valence-corrected chi connectivity index (χ0v) is 12.4. The standard InChI is InChI=1S/C16H15N3OS/c1-2-21-16-19-18-15(20-16)13-10-6-7-11-14(13)17-12-8-4-3-5-9-12/h3-11,17H,2H2,1H3. The van der Waals surface area contributed by atoms with Gasteiger partial charge in [-0.3, -0.25) is 0 Å². The Labute approximate surface area is 127 Å². The van der Waals surface area contributed by atoms with Crippen molar-refractivity contribution in [3.05, 3.63) is 54.6 Å². The molecule has 4 nitrogen and oxygen atoms in total. The lowest BCUT2D eigenvalue weighted by atomic mass is 10.1. The molecule has 0 aliphatic rings. The third kappa shape index (κ3) is 3.25. The van der Waals surface area contributed by atoms with Crippen LogP contribution in [-0.4, -0.2) is 16.0 Å². The van der Waals surface area contributed by atoms with Crippen LogP contribution >= 0.6 is 11.8 Å². The molecule has 106 valence electrons. The summed E-state index contributed by atoms with van der Waals surface area (Å²) in [6.07, 6.45) is 0. The molecule has 0 fully saturated rings. The van der Waals surface area contributed by atoms with Crippen LogP contribution in [0.2, 0.25) is 0 Å². The van der Waals surface area contributed by atoms with Crippen LogP contribution in [0.5, 0.6) is 0 Å². The van der Waals surface area contributed by atoms with Crippen molar-refractivity contribution in [1.29, 1.82) is 0 Å². The van der Waals surface area contributed by atoms with Gasteiger partial charge in [0, 0.05) is 5.69 Å². The van der Waals surface area contributed by atoms with Crippen molar-refractivity contribution in [3.63, 3.8) is 0 Å². The molecule has 0 saturated heterocycles. The zero-order valence-electron chi connectivity index (χ0n) is 11.6. The minimum absolute atomic E-state index is 0.532. The molecule has 3 rings (SSSR count). The summed E-state index contributed by atoms with van der Waals surface area (Å²) in [6, 6.07) is 17.9. The average molecular weight is 297 g/mol. The molecule has 0 aliphatic carbocycles. The normalized spacial score (nSPS) is 10.5. The van der Waals surface area contributed by atoms with Crippen LogP contribution in [0.15, 0.2) is 64.2 Å². The quantitative estimate of drug-likeness (QED) is 0.698. The first-order chi connectivity index (χ1) is 10.4. The van der Waals surface area contributed by atoms with E-state index in [1.165, 1.54) is 11.8 Å². The van der Waals surface area contributed by atoms with E-state index in [1.54, 1.807) is 0 Å². The number of aromatic nitrogens is 2. The zero-order chi connectivity index (χ0) is 14.5. The molecular weight excluding hydrogens is 282 g/mol. The molecule has 1 heterocycles. The molecule has 3 aromatic rings. The van der Waals surface area contributed by atoms with E-state index in [1.807, 2.05) is 54.6 Å². The van der Waals surface area contributed by atoms with Gasteiger partial charge in [-0.1, -0.05) is 49.0 Å². The Hall–Kier alpha value is -2.27. The Kier molecular flexibility index (Phi) is 4.21. The Morgan fingerprint density at radius 1 is 1.00 bits per heavy atom. The maximum Gasteiger partial charge on any atom is 0.276 e. The van der Waals surface area contributed by atoms with Crippen molar-refractivity contribution in [2.75, 3.05) is 11.1 Å². The van der Waals surface area contributed by atoms with Crippen molar-refractivity contribution < 1.29 is 4.42 Å². The highest BCUT2D eigenvalue weighted by Gasteiger charge is 2.12. The van der Waals surface area contributed by atoms with E-state index in [0.29, 0.717) is 11.1 Å². The van der Waals surface area contributed by atoms with E-state index in [-0.39, 0.29) is 0 Å². The van der Waals surface area contributed by atoms with Crippen molar-refractivity contribution in [2.45, 2.75) is 12.1 Å². The Balaban J connectivity index is 1.91. The van der Waals surface area contributed by atoms with Crippen LogP contribution in [-0.2, 0) is 0 Å². The second-order valence-corrected chi connectivity index (χ2v) is 5.56. The summed E-state index contributed by atoms with van der Waals surface area (Å²) in [5.41, 5.74) is 2.87. The third-order valence-corrected chi connectivity index (χ3v) is 3.59. The van der Waals surface area contributed by atoms with Crippen LogP contribution < -0.4 is 5.32 Å². The number of thioether (sulfide) groups is 1. The van der Waals surface area contributed by atoms with Crippen LogP contribution in [0.1, 0.15) is 6.92 Å². The number of benzene rings is 2. The fourth-order valence-corrected chi connectivity index (χ4v) is 2.44. The largest absolute Gasteiger partial charge is 0.411 e. The van der Waals surface area contributed by atoms with E-state index >= 15 is 0 Å². The summed E-state index contributed by atoms with van der Waals surface area (Å²) in [4.78, 5) is 0. The third-order valence-electron chi connectivity index (χ3n) is 2.88. The summed E-state index contributed by atoms with van der Waals surface area (Å²) >= 11 is 1.54. The van der Waals surface area contributed by atoms with Crippen molar-refractivity contribution >= 4 is 23.1 Å². The molecule has 0 spiro atoms. The maximum atomic E-state index is 5.69. The van der Waals surface area contributed by atoms with Crippen molar-refractivity contribution in [3.8, 4) is 11.5 Å². The van der Waals surface area contributed by atoms with Crippen LogP contribution in [0.25, 0.3) is 11.5 Å². The summed E-state index contributed by atoms with van der Waals surface area (Å²) in [5, 5.41) is 12.2. The Bertz CT molecular complexity index is 712. The molecule has 0 bridgehead atoms. The maximum absolute atomic E-state index is 5.69. The van der Waals surface area contributed by atoms with E-state index < -0.39 is 0 Å². The van der Waals surface area contributed by atoms with Gasteiger partial charge in [-0.05, 0) is 30.0 Å². The van der Waals surface area contributed by atoms with Gasteiger partial charge in [0.25, 0.3) is 11.1 Å². The number of nitrogens with zero attached hydrogens (tertiary/aromatic N) is 2. The molecular formula is C16H15N3OS. The first-order valence-corrected chi connectivity index (χ1v) is 7.73. The molecule has 0 radical (unpaired) electrons. The molecule has 2 aromatic carbocycles. The Morgan fingerprint density at radius 3 is 2.57 bits per heavy atom. The molecule has 1 N–H and O–H groups in total. The first kappa shape index (κ1) is 13.7. The van der Waals surface area contributed by atoms with E-state index in [4.69, 9.17) is 4.42 Å². The number of anilines is 2. The van der Waals surface area contributed by atoms with Crippen molar-refractivity contribution in [1.82, 2.24) is 10.2 Å². The van der Waals surface area contributed by atoms with Crippen LogP contribution in [0, 0.1) is 0 Å². The minimum Gasteiger partial charge on any atom is -0.411 e. The minimum atomic E-state index is 0.532. The second kappa shape index (κ2) is 6.45. The highest BCUT2D eigenvalue weighted by molar-refractivity contribution is 7.99. The van der Waals surface area contributed by atoms with Crippen LogP contribution in [0.4, 0.5) is 11.4 Å². The topological polar surface area (TPSA) is 51.0 Å². The second-order valence-electron chi connectivity index (χ2n) is 4.34. The predicted octanol–water partition coefficient (Wildman–Crippen LogP) is 4.59. The number of rotatable bonds is 5. The summed E-state index contributed by atoms with van der Waals surface area (Å²) in [6.45, 7) is 2.06. The molecule has 21 heavy (non-hydrogen) atoms. The molecule has 1 aromatic heterocycles. The predicted molar refractivity (Wildman–Crippen MR) is 85.9 cm³/mol. The number of hydrogen-bond acceptors (Lipinski definition) is 5. The molecule has 0 saturated carbocycles. The summed E-state index contributed by atoms with van der Waals surface area (Å²) in [5.74, 6) is 1.44. The van der Waals surface area contributed by atoms with Gasteiger partial charge >= 0.3 is 0 Å². The lowest BCUT2D eigenvalue weighted by Crippen LogP contribution is -1.92. The van der Waals surface area contributed by atoms with Gasteiger partial charge in [-0.15, -0.1) is 10.2 Å². The number of nitrogens with one attached hydrogen (secondary N) is 1. The number of para-hydroxylation sites is 2. The monoisotopic (exact) mass is 297 g/mol. The molecule has 0 atom stereocenters. The van der Waals surface area contributed by atoms with Gasteiger partial charge in [0.1, 0.15) is 0 Å². The van der Waals surface area contributed by atoms with Gasteiger partial charge < -0.3 is 9.73 Å². The van der Waals surface area contributed by atoms with Crippen LogP contribution in [0.3, 0.4) is 0 Å². The Morgan fingerprint density at radius 2 is 1.76 bits per heavy atom. The highest BCUT2D eigenvalue weighted by Crippen LogP contribution is 2.30. The van der Waals surface area contributed by atoms with E-state index in [0.717, 1.165) is 22.7 Å².